The van der Waals surface area contributed by atoms with Gasteiger partial charge >= 0.3 is 0 Å². The van der Waals surface area contributed by atoms with Crippen LogP contribution in [-0.4, -0.2) is 31.6 Å². The molecule has 2 unspecified atom stereocenters. The van der Waals surface area contributed by atoms with E-state index in [2.05, 4.69) is 18.3 Å². The fourth-order valence-corrected chi connectivity index (χ4v) is 3.71. The SMILES string of the molecule is CCCNC(CSc1cccc(Cl)c1)C1CCOC1. The van der Waals surface area contributed by atoms with E-state index < -0.39 is 0 Å². The van der Waals surface area contributed by atoms with Gasteiger partial charge < -0.3 is 10.1 Å². The van der Waals surface area contributed by atoms with Crippen LogP contribution in [0.15, 0.2) is 29.2 Å². The van der Waals surface area contributed by atoms with E-state index >= 15 is 0 Å². The number of benzene rings is 1. The van der Waals surface area contributed by atoms with Gasteiger partial charge in [-0.1, -0.05) is 24.6 Å². The molecule has 0 spiro atoms. The van der Waals surface area contributed by atoms with E-state index in [0.717, 1.165) is 30.5 Å². The Morgan fingerprint density at radius 1 is 1.53 bits per heavy atom. The van der Waals surface area contributed by atoms with Gasteiger partial charge in [0.1, 0.15) is 0 Å². The Morgan fingerprint density at radius 3 is 3.11 bits per heavy atom. The summed E-state index contributed by atoms with van der Waals surface area (Å²) in [4.78, 5) is 1.25. The van der Waals surface area contributed by atoms with Crippen molar-refractivity contribution in [2.24, 2.45) is 5.92 Å². The van der Waals surface area contributed by atoms with Crippen molar-refractivity contribution in [1.82, 2.24) is 5.32 Å². The fourth-order valence-electron chi connectivity index (χ4n) is 2.30. The maximum atomic E-state index is 6.02. The number of hydrogen-bond acceptors (Lipinski definition) is 3. The second kappa shape index (κ2) is 8.15. The van der Waals surface area contributed by atoms with Crippen molar-refractivity contribution in [1.29, 1.82) is 0 Å². The lowest BCUT2D eigenvalue weighted by atomic mass is 10.0. The molecule has 1 aromatic carbocycles. The van der Waals surface area contributed by atoms with Gasteiger partial charge in [0.05, 0.1) is 6.61 Å². The van der Waals surface area contributed by atoms with Crippen molar-refractivity contribution in [2.75, 3.05) is 25.5 Å². The van der Waals surface area contributed by atoms with Gasteiger partial charge in [-0.15, -0.1) is 11.8 Å². The zero-order chi connectivity index (χ0) is 13.5. The summed E-state index contributed by atoms with van der Waals surface area (Å²) in [6.45, 7) is 5.10. The maximum Gasteiger partial charge on any atom is 0.0510 e. The molecule has 0 aliphatic carbocycles. The lowest BCUT2D eigenvalue weighted by molar-refractivity contribution is 0.179. The van der Waals surface area contributed by atoms with E-state index in [9.17, 15) is 0 Å². The smallest absolute Gasteiger partial charge is 0.0510 e. The zero-order valence-corrected chi connectivity index (χ0v) is 13.0. The van der Waals surface area contributed by atoms with Crippen molar-refractivity contribution < 1.29 is 4.74 Å². The third-order valence-corrected chi connectivity index (χ3v) is 4.76. The Morgan fingerprint density at radius 2 is 2.42 bits per heavy atom. The quantitative estimate of drug-likeness (QED) is 0.773. The summed E-state index contributed by atoms with van der Waals surface area (Å²) in [5.74, 6) is 1.73. The number of thioether (sulfide) groups is 1. The minimum absolute atomic E-state index is 0.534. The second-order valence-electron chi connectivity index (χ2n) is 4.95. The highest BCUT2D eigenvalue weighted by Crippen LogP contribution is 2.26. The fraction of sp³-hybridized carbons (Fsp3) is 0.600. The van der Waals surface area contributed by atoms with Gasteiger partial charge in [-0.3, -0.25) is 0 Å². The van der Waals surface area contributed by atoms with E-state index in [1.54, 1.807) is 0 Å². The first-order valence-corrected chi connectivity index (χ1v) is 8.35. The number of ether oxygens (including phenoxy) is 1. The molecule has 1 heterocycles. The van der Waals surface area contributed by atoms with Crippen LogP contribution in [0.5, 0.6) is 0 Å². The van der Waals surface area contributed by atoms with Crippen LogP contribution < -0.4 is 5.32 Å². The van der Waals surface area contributed by atoms with Crippen molar-refractivity contribution in [3.63, 3.8) is 0 Å². The van der Waals surface area contributed by atoms with Crippen LogP contribution in [0.3, 0.4) is 0 Å². The molecule has 1 fully saturated rings. The number of halogens is 1. The molecule has 4 heteroatoms. The molecule has 1 aromatic rings. The molecule has 1 N–H and O–H groups in total. The van der Waals surface area contributed by atoms with Gasteiger partial charge in [-0.2, -0.15) is 0 Å². The van der Waals surface area contributed by atoms with Gasteiger partial charge in [0.2, 0.25) is 0 Å². The Bertz CT molecular complexity index is 382. The largest absolute Gasteiger partial charge is 0.381 e. The Kier molecular flexibility index (Phi) is 6.51. The van der Waals surface area contributed by atoms with Gasteiger partial charge in [-0.05, 0) is 37.6 Å². The normalized spacial score (nSPS) is 20.6. The first-order valence-electron chi connectivity index (χ1n) is 6.99. The van der Waals surface area contributed by atoms with Crippen LogP contribution in [0.1, 0.15) is 19.8 Å². The highest BCUT2D eigenvalue weighted by molar-refractivity contribution is 7.99. The summed E-state index contributed by atoms with van der Waals surface area (Å²) in [6.07, 6.45) is 2.35. The number of nitrogens with one attached hydrogen (secondary N) is 1. The van der Waals surface area contributed by atoms with Crippen molar-refractivity contribution >= 4 is 23.4 Å². The van der Waals surface area contributed by atoms with Gasteiger partial charge in [0.15, 0.2) is 0 Å². The second-order valence-corrected chi connectivity index (χ2v) is 6.48. The predicted molar refractivity (Wildman–Crippen MR) is 83.2 cm³/mol. The van der Waals surface area contributed by atoms with E-state index in [0.29, 0.717) is 12.0 Å². The Balaban J connectivity index is 1.88. The molecule has 1 aliphatic rings. The third kappa shape index (κ3) is 4.99. The first kappa shape index (κ1) is 15.2. The van der Waals surface area contributed by atoms with E-state index in [-0.39, 0.29) is 0 Å². The van der Waals surface area contributed by atoms with E-state index in [1.165, 1.54) is 17.7 Å². The van der Waals surface area contributed by atoms with Crippen LogP contribution in [0.4, 0.5) is 0 Å². The molecule has 106 valence electrons. The molecule has 2 rings (SSSR count). The van der Waals surface area contributed by atoms with Crippen LogP contribution in [0, 0.1) is 5.92 Å². The van der Waals surface area contributed by atoms with Crippen LogP contribution in [0.25, 0.3) is 0 Å². The van der Waals surface area contributed by atoms with Crippen molar-refractivity contribution in [3.05, 3.63) is 29.3 Å². The molecule has 1 aliphatic heterocycles. The zero-order valence-electron chi connectivity index (χ0n) is 11.4. The molecular formula is C15H22ClNOS. The molecule has 0 amide bonds. The molecule has 0 bridgehead atoms. The third-order valence-electron chi connectivity index (χ3n) is 3.42. The summed E-state index contributed by atoms with van der Waals surface area (Å²) < 4.78 is 5.52. The molecule has 1 saturated heterocycles. The van der Waals surface area contributed by atoms with Gasteiger partial charge in [0, 0.05) is 34.2 Å². The average molecular weight is 300 g/mol. The lowest BCUT2D eigenvalue weighted by Crippen LogP contribution is -2.39. The highest BCUT2D eigenvalue weighted by Gasteiger charge is 2.25. The monoisotopic (exact) mass is 299 g/mol. The standard InChI is InChI=1S/C15H22ClNOS/c1-2-7-17-15(12-6-8-18-10-12)11-19-14-5-3-4-13(16)9-14/h3-5,9,12,15,17H,2,6-8,10-11H2,1H3. The Hall–Kier alpha value is -0.220. The van der Waals surface area contributed by atoms with Crippen LogP contribution >= 0.6 is 23.4 Å². The molecule has 0 aromatic heterocycles. The molecule has 2 nitrogen and oxygen atoms in total. The molecule has 2 atom stereocenters. The van der Waals surface area contributed by atoms with E-state index in [4.69, 9.17) is 16.3 Å². The average Bonchev–Trinajstić information content (AvgIpc) is 2.93. The molecule has 0 saturated carbocycles. The first-order chi connectivity index (χ1) is 9.29. The van der Waals surface area contributed by atoms with Gasteiger partial charge in [0.25, 0.3) is 0 Å². The number of rotatable bonds is 7. The summed E-state index contributed by atoms with van der Waals surface area (Å²) in [7, 11) is 0. The van der Waals surface area contributed by atoms with Crippen molar-refractivity contribution in [3.8, 4) is 0 Å². The van der Waals surface area contributed by atoms with Crippen LogP contribution in [-0.2, 0) is 4.74 Å². The number of hydrogen-bond donors (Lipinski definition) is 1. The maximum absolute atomic E-state index is 6.02. The minimum atomic E-state index is 0.534. The van der Waals surface area contributed by atoms with Crippen LogP contribution in [0.2, 0.25) is 5.02 Å². The summed E-state index contributed by atoms with van der Waals surface area (Å²) in [5, 5.41) is 4.47. The minimum Gasteiger partial charge on any atom is -0.381 e. The molecular weight excluding hydrogens is 278 g/mol. The predicted octanol–water partition coefficient (Wildman–Crippen LogP) is 3.84. The molecule has 0 radical (unpaired) electrons. The Labute approximate surface area is 125 Å². The lowest BCUT2D eigenvalue weighted by Gasteiger charge is -2.23. The topological polar surface area (TPSA) is 21.3 Å². The summed E-state index contributed by atoms with van der Waals surface area (Å²) in [6, 6.07) is 8.62. The highest BCUT2D eigenvalue weighted by atomic mass is 35.5. The molecule has 19 heavy (non-hydrogen) atoms. The summed E-state index contributed by atoms with van der Waals surface area (Å²) >= 11 is 7.90. The van der Waals surface area contributed by atoms with Gasteiger partial charge in [-0.25, -0.2) is 0 Å². The summed E-state index contributed by atoms with van der Waals surface area (Å²) in [5.41, 5.74) is 0. The van der Waals surface area contributed by atoms with E-state index in [1.807, 2.05) is 30.0 Å². The van der Waals surface area contributed by atoms with Crippen molar-refractivity contribution in [2.45, 2.75) is 30.7 Å².